The van der Waals surface area contributed by atoms with Gasteiger partial charge in [-0.05, 0) is 49.2 Å². The summed E-state index contributed by atoms with van der Waals surface area (Å²) >= 11 is 3.57. The molecule has 0 aliphatic carbocycles. The highest BCUT2D eigenvalue weighted by Crippen LogP contribution is 2.39. The number of carbonyl (C=O) groups is 1. The number of hydrogen-bond acceptors (Lipinski definition) is 5. The third-order valence-electron chi connectivity index (χ3n) is 4.50. The number of nitrogens with zero attached hydrogens (tertiary/aromatic N) is 4. The Kier molecular flexibility index (Phi) is 4.40. The lowest BCUT2D eigenvalue weighted by Crippen LogP contribution is -2.61. The number of pyridine rings is 1. The van der Waals surface area contributed by atoms with Crippen LogP contribution in [-0.2, 0) is 4.74 Å². The van der Waals surface area contributed by atoms with E-state index < -0.39 is 5.60 Å². The first-order chi connectivity index (χ1) is 11.2. The molecule has 0 radical (unpaired) electrons. The molecule has 0 saturated carbocycles. The zero-order valence-corrected chi connectivity index (χ0v) is 16.6. The number of halogens is 1. The maximum Gasteiger partial charge on any atom is 0.410 e. The zero-order chi connectivity index (χ0) is 17.6. The number of rotatable bonds is 0. The van der Waals surface area contributed by atoms with Gasteiger partial charge in [0.25, 0.3) is 0 Å². The molecule has 0 bridgehead atoms. The Morgan fingerprint density at radius 2 is 2.04 bits per heavy atom. The molecule has 3 rings (SSSR count). The Balaban J connectivity index is 1.81. The van der Waals surface area contributed by atoms with Gasteiger partial charge in [0.15, 0.2) is 5.82 Å². The molecule has 0 spiro atoms. The number of fused-ring (bicyclic) bond motifs is 3. The Morgan fingerprint density at radius 3 is 2.71 bits per heavy atom. The number of likely N-dealkylation sites (N-methyl/N-ethyl adjacent to an activating group) is 1. The van der Waals surface area contributed by atoms with Crippen molar-refractivity contribution in [1.29, 1.82) is 0 Å². The van der Waals surface area contributed by atoms with E-state index in [-0.39, 0.29) is 12.1 Å². The minimum atomic E-state index is -0.463. The van der Waals surface area contributed by atoms with E-state index in [1.54, 1.807) is 0 Å². The van der Waals surface area contributed by atoms with Gasteiger partial charge in [0, 0.05) is 43.9 Å². The molecule has 24 heavy (non-hydrogen) atoms. The van der Waals surface area contributed by atoms with E-state index in [0.717, 1.165) is 23.4 Å². The molecular formula is C17H25BrN4O2. The van der Waals surface area contributed by atoms with Crippen LogP contribution in [0.5, 0.6) is 0 Å². The van der Waals surface area contributed by atoms with Crippen LogP contribution >= 0.6 is 15.9 Å². The highest BCUT2D eigenvalue weighted by Gasteiger charge is 2.38. The van der Waals surface area contributed by atoms with E-state index >= 15 is 0 Å². The predicted octanol–water partition coefficient (Wildman–Crippen LogP) is 3.03. The second-order valence-electron chi connectivity index (χ2n) is 7.56. The topological polar surface area (TPSA) is 48.9 Å². The summed E-state index contributed by atoms with van der Waals surface area (Å²) in [6, 6.07) is 0.233. The third kappa shape index (κ3) is 3.18. The third-order valence-corrected chi connectivity index (χ3v) is 5.30. The molecule has 0 aromatic carbocycles. The first-order valence-corrected chi connectivity index (χ1v) is 9.07. The summed E-state index contributed by atoms with van der Waals surface area (Å²) in [5.74, 6) is 1.01. The Bertz CT molecular complexity index is 659. The Labute approximate surface area is 151 Å². The molecule has 1 aromatic rings. The van der Waals surface area contributed by atoms with Crippen molar-refractivity contribution in [2.75, 3.05) is 43.0 Å². The molecule has 7 heteroatoms. The normalized spacial score (nSPS) is 20.6. The van der Waals surface area contributed by atoms with Gasteiger partial charge in [-0.3, -0.25) is 0 Å². The Morgan fingerprint density at radius 1 is 1.33 bits per heavy atom. The number of ether oxygens (including phenoxy) is 1. The van der Waals surface area contributed by atoms with Gasteiger partial charge in [0.2, 0.25) is 0 Å². The monoisotopic (exact) mass is 396 g/mol. The van der Waals surface area contributed by atoms with E-state index in [1.165, 1.54) is 11.3 Å². The summed E-state index contributed by atoms with van der Waals surface area (Å²) in [7, 11) is 2.09. The van der Waals surface area contributed by atoms with Crippen molar-refractivity contribution in [3.63, 3.8) is 0 Å². The Hall–Kier alpha value is -1.50. The van der Waals surface area contributed by atoms with Gasteiger partial charge < -0.3 is 19.4 Å². The highest BCUT2D eigenvalue weighted by atomic mass is 79.9. The van der Waals surface area contributed by atoms with Crippen molar-refractivity contribution in [2.24, 2.45) is 0 Å². The summed E-state index contributed by atoms with van der Waals surface area (Å²) in [6.07, 6.45) is 1.64. The minimum absolute atomic E-state index is 0.226. The van der Waals surface area contributed by atoms with Crippen LogP contribution in [0.3, 0.4) is 0 Å². The number of carbonyl (C=O) groups excluding carboxylic acids is 1. The fourth-order valence-corrected chi connectivity index (χ4v) is 3.70. The van der Waals surface area contributed by atoms with Crippen LogP contribution in [0.2, 0.25) is 0 Å². The van der Waals surface area contributed by atoms with E-state index in [1.807, 2.05) is 31.9 Å². The highest BCUT2D eigenvalue weighted by molar-refractivity contribution is 9.10. The summed E-state index contributed by atoms with van der Waals surface area (Å²) < 4.78 is 6.55. The van der Waals surface area contributed by atoms with E-state index in [2.05, 4.69) is 44.7 Å². The molecule has 1 aromatic heterocycles. The van der Waals surface area contributed by atoms with Crippen molar-refractivity contribution in [1.82, 2.24) is 9.88 Å². The van der Waals surface area contributed by atoms with Crippen LogP contribution < -0.4 is 9.80 Å². The van der Waals surface area contributed by atoms with Crippen molar-refractivity contribution in [3.8, 4) is 0 Å². The van der Waals surface area contributed by atoms with Gasteiger partial charge >= 0.3 is 6.09 Å². The van der Waals surface area contributed by atoms with Crippen LogP contribution in [-0.4, -0.2) is 60.8 Å². The fraction of sp³-hybridized carbons (Fsp3) is 0.647. The average Bonchev–Trinajstić information content (AvgIpc) is 2.48. The van der Waals surface area contributed by atoms with E-state index in [0.29, 0.717) is 13.1 Å². The van der Waals surface area contributed by atoms with Crippen LogP contribution in [0.4, 0.5) is 16.3 Å². The van der Waals surface area contributed by atoms with Crippen molar-refractivity contribution in [3.05, 3.63) is 16.2 Å². The van der Waals surface area contributed by atoms with E-state index in [9.17, 15) is 4.79 Å². The number of amides is 1. The van der Waals surface area contributed by atoms with E-state index in [4.69, 9.17) is 4.74 Å². The number of hydrogen-bond donors (Lipinski definition) is 0. The van der Waals surface area contributed by atoms with Gasteiger partial charge in [-0.2, -0.15) is 0 Å². The fourth-order valence-electron chi connectivity index (χ4n) is 3.41. The van der Waals surface area contributed by atoms with Crippen LogP contribution in [0.25, 0.3) is 0 Å². The zero-order valence-electron chi connectivity index (χ0n) is 15.0. The predicted molar refractivity (Wildman–Crippen MR) is 98.9 cm³/mol. The molecule has 2 aliphatic rings. The molecule has 1 saturated heterocycles. The van der Waals surface area contributed by atoms with Crippen molar-refractivity contribution >= 4 is 33.5 Å². The molecule has 0 N–H and O–H groups in total. The molecule has 6 nitrogen and oxygen atoms in total. The van der Waals surface area contributed by atoms with Crippen LogP contribution in [0.15, 0.2) is 10.7 Å². The van der Waals surface area contributed by atoms with Crippen molar-refractivity contribution < 1.29 is 9.53 Å². The molecule has 1 amide bonds. The first-order valence-electron chi connectivity index (χ1n) is 8.28. The smallest absolute Gasteiger partial charge is 0.410 e. The van der Waals surface area contributed by atoms with Crippen molar-refractivity contribution in [2.45, 2.75) is 39.3 Å². The summed E-state index contributed by atoms with van der Waals surface area (Å²) in [6.45, 7) is 10.8. The summed E-state index contributed by atoms with van der Waals surface area (Å²) in [4.78, 5) is 23.4. The lowest BCUT2D eigenvalue weighted by molar-refractivity contribution is 0.0214. The second-order valence-corrected chi connectivity index (χ2v) is 8.41. The SMILES string of the molecule is Cc1c(Br)cnc2c1N(C)CC1CN(C(=O)OC(C)(C)C)CCN21. The van der Waals surface area contributed by atoms with Gasteiger partial charge in [-0.1, -0.05) is 0 Å². The molecule has 132 valence electrons. The first kappa shape index (κ1) is 17.3. The quantitative estimate of drug-likeness (QED) is 0.674. The molecule has 3 heterocycles. The van der Waals surface area contributed by atoms with Gasteiger partial charge in [-0.15, -0.1) is 0 Å². The lowest BCUT2D eigenvalue weighted by atomic mass is 10.1. The molecular weight excluding hydrogens is 372 g/mol. The van der Waals surface area contributed by atoms with Gasteiger partial charge in [0.05, 0.1) is 11.7 Å². The summed E-state index contributed by atoms with van der Waals surface area (Å²) in [5.41, 5.74) is 1.91. The summed E-state index contributed by atoms with van der Waals surface area (Å²) in [5, 5.41) is 0. The largest absolute Gasteiger partial charge is 0.444 e. The van der Waals surface area contributed by atoms with Gasteiger partial charge in [-0.25, -0.2) is 9.78 Å². The molecule has 1 fully saturated rings. The number of anilines is 2. The number of piperazine rings is 1. The molecule has 1 unspecified atom stereocenters. The number of aromatic nitrogens is 1. The maximum absolute atomic E-state index is 12.4. The van der Waals surface area contributed by atoms with Crippen LogP contribution in [0, 0.1) is 6.92 Å². The standard InChI is InChI=1S/C17H25BrN4O2/c1-11-13(18)8-19-15-14(11)20(5)9-12-10-21(6-7-22(12)15)16(23)24-17(2,3)4/h8,12H,6-7,9-10H2,1-5H3. The lowest BCUT2D eigenvalue weighted by Gasteiger charge is -2.48. The minimum Gasteiger partial charge on any atom is -0.444 e. The maximum atomic E-state index is 12.4. The average molecular weight is 397 g/mol. The molecule has 1 atom stereocenters. The molecule has 2 aliphatic heterocycles. The second kappa shape index (κ2) is 6.10. The van der Waals surface area contributed by atoms with Gasteiger partial charge in [0.1, 0.15) is 5.60 Å². The van der Waals surface area contributed by atoms with Crippen LogP contribution in [0.1, 0.15) is 26.3 Å².